The molecular weight excluding hydrogens is 357 g/mol. The Morgan fingerprint density at radius 1 is 0.960 bits per heavy atom. The second-order valence-electron chi connectivity index (χ2n) is 5.14. The number of hydrogen-bond acceptors (Lipinski definition) is 2. The monoisotopic (exact) mass is 370 g/mol. The van der Waals surface area contributed by atoms with E-state index in [2.05, 4.69) is 10.6 Å². The first-order valence-electron chi connectivity index (χ1n) is 7.26. The third-order valence-corrected chi connectivity index (χ3v) is 3.49. The number of rotatable bonds is 5. The standard InChI is InChI=1S/C17H14ClF3N2O2/c18-13-5-1-11(2-6-13)16(25)22-10-9-15(24)23-14-7-3-12(4-8-14)17(19,20)21/h1-8H,9-10H2,(H,22,25)(H,23,24). The molecule has 4 nitrogen and oxygen atoms in total. The summed E-state index contributed by atoms with van der Waals surface area (Å²) in [7, 11) is 0. The van der Waals surface area contributed by atoms with Crippen molar-refractivity contribution in [2.24, 2.45) is 0 Å². The lowest BCUT2D eigenvalue weighted by Crippen LogP contribution is -2.27. The lowest BCUT2D eigenvalue weighted by Gasteiger charge is -2.09. The molecule has 0 spiro atoms. The third-order valence-electron chi connectivity index (χ3n) is 3.24. The number of hydrogen-bond donors (Lipinski definition) is 2. The first-order chi connectivity index (χ1) is 11.8. The normalized spacial score (nSPS) is 11.0. The van der Waals surface area contributed by atoms with Gasteiger partial charge in [0.25, 0.3) is 5.91 Å². The summed E-state index contributed by atoms with van der Waals surface area (Å²) in [6.45, 7) is 0.0912. The van der Waals surface area contributed by atoms with Crippen molar-refractivity contribution in [1.82, 2.24) is 5.32 Å². The molecule has 0 saturated heterocycles. The highest BCUT2D eigenvalue weighted by molar-refractivity contribution is 6.30. The number of alkyl halides is 3. The summed E-state index contributed by atoms with van der Waals surface area (Å²) in [6.07, 6.45) is -4.44. The van der Waals surface area contributed by atoms with Crippen LogP contribution >= 0.6 is 11.6 Å². The SMILES string of the molecule is O=C(CCNC(=O)c1ccc(Cl)cc1)Nc1ccc(C(F)(F)F)cc1. The first kappa shape index (κ1) is 18.8. The van der Waals surface area contributed by atoms with Crippen LogP contribution in [0, 0.1) is 0 Å². The Bertz CT molecular complexity index is 744. The van der Waals surface area contributed by atoms with Crippen molar-refractivity contribution in [3.63, 3.8) is 0 Å². The Hall–Kier alpha value is -2.54. The van der Waals surface area contributed by atoms with Crippen LogP contribution in [0.1, 0.15) is 22.3 Å². The molecule has 0 radical (unpaired) electrons. The molecule has 0 aliphatic carbocycles. The van der Waals surface area contributed by atoms with Gasteiger partial charge in [0.15, 0.2) is 0 Å². The topological polar surface area (TPSA) is 58.2 Å². The van der Waals surface area contributed by atoms with Crippen molar-refractivity contribution in [1.29, 1.82) is 0 Å². The number of benzene rings is 2. The summed E-state index contributed by atoms with van der Waals surface area (Å²) in [5.41, 5.74) is -0.129. The molecule has 0 fully saturated rings. The van der Waals surface area contributed by atoms with Crippen LogP contribution in [-0.2, 0) is 11.0 Å². The molecule has 2 amide bonds. The molecule has 0 unspecified atom stereocenters. The summed E-state index contributed by atoms with van der Waals surface area (Å²) in [5, 5.41) is 5.55. The molecule has 2 N–H and O–H groups in total. The zero-order chi connectivity index (χ0) is 18.4. The van der Waals surface area contributed by atoms with Crippen molar-refractivity contribution in [2.45, 2.75) is 12.6 Å². The highest BCUT2D eigenvalue weighted by atomic mass is 35.5. The summed E-state index contributed by atoms with van der Waals surface area (Å²) in [4.78, 5) is 23.6. The van der Waals surface area contributed by atoms with Gasteiger partial charge in [0.05, 0.1) is 5.56 Å². The van der Waals surface area contributed by atoms with Gasteiger partial charge in [-0.1, -0.05) is 11.6 Å². The number of carbonyl (C=O) groups is 2. The van der Waals surface area contributed by atoms with E-state index >= 15 is 0 Å². The molecular formula is C17H14ClF3N2O2. The molecule has 2 rings (SSSR count). The van der Waals surface area contributed by atoms with E-state index < -0.39 is 17.6 Å². The largest absolute Gasteiger partial charge is 0.416 e. The summed E-state index contributed by atoms with van der Waals surface area (Å²) in [6, 6.07) is 10.4. The van der Waals surface area contributed by atoms with Crippen molar-refractivity contribution < 1.29 is 22.8 Å². The van der Waals surface area contributed by atoms with Crippen molar-refractivity contribution in [2.75, 3.05) is 11.9 Å². The van der Waals surface area contributed by atoms with E-state index in [0.717, 1.165) is 12.1 Å². The molecule has 2 aromatic rings. The maximum absolute atomic E-state index is 12.5. The van der Waals surface area contributed by atoms with E-state index in [1.165, 1.54) is 12.1 Å². The fraction of sp³-hybridized carbons (Fsp3) is 0.176. The molecule has 8 heteroatoms. The molecule has 0 aliphatic rings. The van der Waals surface area contributed by atoms with E-state index in [9.17, 15) is 22.8 Å². The van der Waals surface area contributed by atoms with E-state index in [1.54, 1.807) is 24.3 Å². The van der Waals surface area contributed by atoms with Gasteiger partial charge in [-0.2, -0.15) is 13.2 Å². The van der Waals surface area contributed by atoms with Crippen LogP contribution in [0.4, 0.5) is 18.9 Å². The van der Waals surface area contributed by atoms with Gasteiger partial charge in [-0.05, 0) is 48.5 Å². The second kappa shape index (κ2) is 8.02. The van der Waals surface area contributed by atoms with E-state index in [4.69, 9.17) is 11.6 Å². The summed E-state index contributed by atoms with van der Waals surface area (Å²) < 4.78 is 37.4. The van der Waals surface area contributed by atoms with Gasteiger partial charge >= 0.3 is 6.18 Å². The Morgan fingerprint density at radius 2 is 1.56 bits per heavy atom. The number of nitrogens with one attached hydrogen (secondary N) is 2. The number of amides is 2. The van der Waals surface area contributed by atoms with Gasteiger partial charge in [0.2, 0.25) is 5.91 Å². The van der Waals surface area contributed by atoms with Crippen LogP contribution in [-0.4, -0.2) is 18.4 Å². The fourth-order valence-electron chi connectivity index (χ4n) is 1.96. The highest BCUT2D eigenvalue weighted by Gasteiger charge is 2.29. The molecule has 132 valence electrons. The molecule has 0 heterocycles. The van der Waals surface area contributed by atoms with Gasteiger partial charge in [-0.15, -0.1) is 0 Å². The van der Waals surface area contributed by atoms with Crippen LogP contribution in [0.15, 0.2) is 48.5 Å². The third kappa shape index (κ3) is 5.79. The summed E-state index contributed by atoms with van der Waals surface area (Å²) >= 11 is 5.73. The number of anilines is 1. The van der Waals surface area contributed by atoms with Gasteiger partial charge in [-0.25, -0.2) is 0 Å². The molecule has 2 aromatic carbocycles. The van der Waals surface area contributed by atoms with Gasteiger partial charge in [0.1, 0.15) is 0 Å². The zero-order valence-corrected chi connectivity index (χ0v) is 13.6. The fourth-order valence-corrected chi connectivity index (χ4v) is 2.08. The van der Waals surface area contributed by atoms with E-state index in [0.29, 0.717) is 10.6 Å². The average Bonchev–Trinajstić information content (AvgIpc) is 2.55. The molecule has 0 aromatic heterocycles. The maximum Gasteiger partial charge on any atom is 0.416 e. The zero-order valence-electron chi connectivity index (χ0n) is 12.9. The number of halogens is 4. The molecule has 0 bridgehead atoms. The predicted octanol–water partition coefficient (Wildman–Crippen LogP) is 4.12. The quantitative estimate of drug-likeness (QED) is 0.831. The minimum absolute atomic E-state index is 0.0135. The number of carbonyl (C=O) groups excluding carboxylic acids is 2. The lowest BCUT2D eigenvalue weighted by atomic mass is 10.2. The van der Waals surface area contributed by atoms with Gasteiger partial charge in [-0.3, -0.25) is 9.59 Å². The Balaban J connectivity index is 1.79. The van der Waals surface area contributed by atoms with Gasteiger partial charge in [0, 0.05) is 29.2 Å². The highest BCUT2D eigenvalue weighted by Crippen LogP contribution is 2.29. The summed E-state index contributed by atoms with van der Waals surface area (Å²) in [5.74, 6) is -0.768. The predicted molar refractivity (Wildman–Crippen MR) is 88.5 cm³/mol. The smallest absolute Gasteiger partial charge is 0.352 e. The minimum atomic E-state index is -4.42. The average molecular weight is 371 g/mol. The van der Waals surface area contributed by atoms with Crippen LogP contribution < -0.4 is 10.6 Å². The van der Waals surface area contributed by atoms with Crippen molar-refractivity contribution >= 4 is 29.1 Å². The van der Waals surface area contributed by atoms with Crippen LogP contribution in [0.2, 0.25) is 5.02 Å². The maximum atomic E-state index is 12.5. The van der Waals surface area contributed by atoms with E-state index in [1.807, 2.05) is 0 Å². The van der Waals surface area contributed by atoms with Crippen LogP contribution in [0.3, 0.4) is 0 Å². The Morgan fingerprint density at radius 3 is 2.12 bits per heavy atom. The Labute approximate surface area is 147 Å². The van der Waals surface area contributed by atoms with Crippen molar-refractivity contribution in [3.8, 4) is 0 Å². The van der Waals surface area contributed by atoms with E-state index in [-0.39, 0.29) is 24.6 Å². The van der Waals surface area contributed by atoms with Crippen molar-refractivity contribution in [3.05, 3.63) is 64.7 Å². The first-order valence-corrected chi connectivity index (χ1v) is 7.64. The molecule has 0 atom stereocenters. The van der Waals surface area contributed by atoms with Crippen LogP contribution in [0.5, 0.6) is 0 Å². The molecule has 25 heavy (non-hydrogen) atoms. The Kier molecular flexibility index (Phi) is 6.03. The molecule has 0 saturated carbocycles. The van der Waals surface area contributed by atoms with Crippen LogP contribution in [0.25, 0.3) is 0 Å². The second-order valence-corrected chi connectivity index (χ2v) is 5.57. The van der Waals surface area contributed by atoms with Gasteiger partial charge < -0.3 is 10.6 Å². The molecule has 0 aliphatic heterocycles. The lowest BCUT2D eigenvalue weighted by molar-refractivity contribution is -0.137. The minimum Gasteiger partial charge on any atom is -0.352 e.